The lowest BCUT2D eigenvalue weighted by Gasteiger charge is -2.34. The summed E-state index contributed by atoms with van der Waals surface area (Å²) >= 11 is 0. The summed E-state index contributed by atoms with van der Waals surface area (Å²) in [5.41, 5.74) is 2.48. The number of benzene rings is 2. The Labute approximate surface area is 178 Å². The number of nitrogens with zero attached hydrogens (tertiary/aromatic N) is 1. The van der Waals surface area contributed by atoms with Crippen LogP contribution in [0.2, 0.25) is 0 Å². The monoisotopic (exact) mass is 432 g/mol. The molecule has 7 nitrogen and oxygen atoms in total. The van der Waals surface area contributed by atoms with Gasteiger partial charge in [0.1, 0.15) is 11.5 Å². The highest BCUT2D eigenvalue weighted by Gasteiger charge is 2.34. The quantitative estimate of drug-likeness (QED) is 0.649. The first-order valence-electron chi connectivity index (χ1n) is 10.0. The second-order valence-electron chi connectivity index (χ2n) is 7.31. The average molecular weight is 433 g/mol. The van der Waals surface area contributed by atoms with Gasteiger partial charge >= 0.3 is 0 Å². The van der Waals surface area contributed by atoms with Gasteiger partial charge in [-0.15, -0.1) is 0 Å². The molecule has 1 heterocycles. The summed E-state index contributed by atoms with van der Waals surface area (Å²) in [6, 6.07) is 13.1. The minimum atomic E-state index is -3.53. The molecule has 3 rings (SSSR count). The highest BCUT2D eigenvalue weighted by atomic mass is 32.2. The van der Waals surface area contributed by atoms with Crippen molar-refractivity contribution in [1.82, 2.24) is 5.32 Å². The summed E-state index contributed by atoms with van der Waals surface area (Å²) in [7, 11) is -3.53. The second-order valence-corrected chi connectivity index (χ2v) is 9.21. The van der Waals surface area contributed by atoms with Gasteiger partial charge in [-0.2, -0.15) is 0 Å². The molecular weight excluding hydrogens is 404 g/mol. The van der Waals surface area contributed by atoms with Crippen LogP contribution in [0.25, 0.3) is 0 Å². The zero-order valence-corrected chi connectivity index (χ0v) is 18.4. The van der Waals surface area contributed by atoms with Crippen molar-refractivity contribution in [3.8, 4) is 11.5 Å². The Bertz CT molecular complexity index is 1010. The maximum atomic E-state index is 12.6. The van der Waals surface area contributed by atoms with E-state index in [0.29, 0.717) is 24.6 Å². The minimum absolute atomic E-state index is 0.0473. The fraction of sp³-hybridized carbons (Fsp3) is 0.409. The predicted molar refractivity (Wildman–Crippen MR) is 117 cm³/mol. The first-order valence-corrected chi connectivity index (χ1v) is 11.9. The van der Waals surface area contributed by atoms with Gasteiger partial charge in [0.15, 0.2) is 6.10 Å². The van der Waals surface area contributed by atoms with Gasteiger partial charge in [-0.1, -0.05) is 24.3 Å². The van der Waals surface area contributed by atoms with Crippen LogP contribution in [0.3, 0.4) is 0 Å². The lowest BCUT2D eigenvalue weighted by molar-refractivity contribution is -0.127. The zero-order chi connectivity index (χ0) is 21.7. The molecule has 0 aliphatic carbocycles. The van der Waals surface area contributed by atoms with E-state index in [1.54, 1.807) is 12.1 Å². The van der Waals surface area contributed by atoms with Gasteiger partial charge < -0.3 is 14.8 Å². The Hall–Kier alpha value is -2.74. The number of para-hydroxylation sites is 1. The van der Waals surface area contributed by atoms with Gasteiger partial charge in [0.25, 0.3) is 5.91 Å². The van der Waals surface area contributed by atoms with E-state index in [0.717, 1.165) is 36.0 Å². The highest BCUT2D eigenvalue weighted by molar-refractivity contribution is 7.92. The topological polar surface area (TPSA) is 84.9 Å². The zero-order valence-electron chi connectivity index (χ0n) is 17.6. The molecule has 2 aromatic carbocycles. The molecule has 8 heteroatoms. The maximum Gasteiger partial charge on any atom is 0.263 e. The second kappa shape index (κ2) is 9.38. The molecule has 0 saturated carbocycles. The minimum Gasteiger partial charge on any atom is -0.494 e. The van der Waals surface area contributed by atoms with Gasteiger partial charge in [-0.25, -0.2) is 8.42 Å². The molecule has 1 amide bonds. The van der Waals surface area contributed by atoms with Crippen molar-refractivity contribution in [2.45, 2.75) is 32.8 Å². The van der Waals surface area contributed by atoms with Crippen molar-refractivity contribution in [3.05, 3.63) is 53.6 Å². The third-order valence-electron chi connectivity index (χ3n) is 4.87. The Balaban J connectivity index is 1.60. The molecule has 1 N–H and O–H groups in total. The highest BCUT2D eigenvalue weighted by Crippen LogP contribution is 2.35. The van der Waals surface area contributed by atoms with Crippen LogP contribution in [0, 0.1) is 6.92 Å². The smallest absolute Gasteiger partial charge is 0.263 e. The standard InChI is InChI=1S/C22H28N2O5S/c1-4-28-19-10-6-5-8-17(19)9-7-13-23-22(25)21-15-24(30(3,26)27)18-14-16(2)11-12-20(18)29-21/h5-6,8,10-12,14,21H,4,7,9,13,15H2,1-3H3,(H,23,25). The molecule has 0 radical (unpaired) electrons. The van der Waals surface area contributed by atoms with E-state index in [9.17, 15) is 13.2 Å². The number of rotatable bonds is 8. The molecule has 0 spiro atoms. The van der Waals surface area contributed by atoms with Gasteiger partial charge in [-0.3, -0.25) is 9.10 Å². The normalized spacial score (nSPS) is 15.8. The van der Waals surface area contributed by atoms with Crippen molar-refractivity contribution in [2.24, 2.45) is 0 Å². The van der Waals surface area contributed by atoms with Crippen molar-refractivity contribution in [2.75, 3.05) is 30.3 Å². The van der Waals surface area contributed by atoms with Crippen LogP contribution in [-0.2, 0) is 21.2 Å². The largest absolute Gasteiger partial charge is 0.494 e. The number of sulfonamides is 1. The third kappa shape index (κ3) is 5.24. The molecular formula is C22H28N2O5S. The summed E-state index contributed by atoms with van der Waals surface area (Å²) in [4.78, 5) is 12.6. The maximum absolute atomic E-state index is 12.6. The number of fused-ring (bicyclic) bond motifs is 1. The SMILES string of the molecule is CCOc1ccccc1CCCNC(=O)C1CN(S(C)(=O)=O)c2cc(C)ccc2O1. The molecule has 0 bridgehead atoms. The van der Waals surface area contributed by atoms with Crippen molar-refractivity contribution < 1.29 is 22.7 Å². The van der Waals surface area contributed by atoms with Crippen molar-refractivity contribution in [3.63, 3.8) is 0 Å². The molecule has 0 aromatic heterocycles. The summed E-state index contributed by atoms with van der Waals surface area (Å²) in [5.74, 6) is 0.925. The molecule has 30 heavy (non-hydrogen) atoms. The van der Waals surface area contributed by atoms with Crippen LogP contribution in [0.1, 0.15) is 24.5 Å². The van der Waals surface area contributed by atoms with Crippen molar-refractivity contribution >= 4 is 21.6 Å². The Morgan fingerprint density at radius 1 is 1.27 bits per heavy atom. The number of amides is 1. The predicted octanol–water partition coefficient (Wildman–Crippen LogP) is 2.67. The summed E-state index contributed by atoms with van der Waals surface area (Å²) in [6.07, 6.45) is 1.73. The lowest BCUT2D eigenvalue weighted by Crippen LogP contribution is -2.50. The molecule has 1 aliphatic heterocycles. The van der Waals surface area contributed by atoms with E-state index in [2.05, 4.69) is 5.32 Å². The van der Waals surface area contributed by atoms with Gasteiger partial charge in [0.2, 0.25) is 10.0 Å². The number of carbonyl (C=O) groups excluding carboxylic acids is 1. The molecule has 1 aliphatic rings. The summed E-state index contributed by atoms with van der Waals surface area (Å²) in [6.45, 7) is 4.83. The third-order valence-corrected chi connectivity index (χ3v) is 6.02. The Morgan fingerprint density at radius 2 is 2.03 bits per heavy atom. The van der Waals surface area contributed by atoms with Gasteiger partial charge in [0, 0.05) is 6.54 Å². The van der Waals surface area contributed by atoms with Crippen LogP contribution in [-0.4, -0.2) is 46.4 Å². The first-order chi connectivity index (χ1) is 14.3. The molecule has 162 valence electrons. The fourth-order valence-electron chi connectivity index (χ4n) is 3.42. The van der Waals surface area contributed by atoms with Gasteiger partial charge in [-0.05, 0) is 56.0 Å². The van der Waals surface area contributed by atoms with E-state index in [1.807, 2.05) is 44.2 Å². The van der Waals surface area contributed by atoms with Crippen LogP contribution in [0.4, 0.5) is 5.69 Å². The number of nitrogens with one attached hydrogen (secondary N) is 1. The number of aryl methyl sites for hydroxylation is 2. The van der Waals surface area contributed by atoms with E-state index in [-0.39, 0.29) is 12.5 Å². The molecule has 0 saturated heterocycles. The molecule has 1 atom stereocenters. The summed E-state index contributed by atoms with van der Waals surface area (Å²) in [5, 5.41) is 2.86. The molecule has 1 unspecified atom stereocenters. The van der Waals surface area contributed by atoms with Crippen LogP contribution < -0.4 is 19.1 Å². The Morgan fingerprint density at radius 3 is 2.77 bits per heavy atom. The van der Waals surface area contributed by atoms with Crippen molar-refractivity contribution in [1.29, 1.82) is 0 Å². The Kier molecular flexibility index (Phi) is 6.87. The summed E-state index contributed by atoms with van der Waals surface area (Å²) < 4.78 is 37.2. The number of ether oxygens (including phenoxy) is 2. The number of anilines is 1. The number of carbonyl (C=O) groups is 1. The van der Waals surface area contributed by atoms with E-state index in [1.165, 1.54) is 4.31 Å². The van der Waals surface area contributed by atoms with Crippen LogP contribution in [0.15, 0.2) is 42.5 Å². The number of hydrogen-bond donors (Lipinski definition) is 1. The first kappa shape index (κ1) is 22.0. The van der Waals surface area contributed by atoms with Crippen LogP contribution >= 0.6 is 0 Å². The van der Waals surface area contributed by atoms with Crippen LogP contribution in [0.5, 0.6) is 11.5 Å². The van der Waals surface area contributed by atoms with Gasteiger partial charge in [0.05, 0.1) is 25.1 Å². The molecule has 0 fully saturated rings. The van der Waals surface area contributed by atoms with E-state index in [4.69, 9.17) is 9.47 Å². The number of hydrogen-bond acceptors (Lipinski definition) is 5. The molecule has 2 aromatic rings. The average Bonchev–Trinajstić information content (AvgIpc) is 2.70. The fourth-order valence-corrected chi connectivity index (χ4v) is 4.33. The van der Waals surface area contributed by atoms with E-state index >= 15 is 0 Å². The lowest BCUT2D eigenvalue weighted by atomic mass is 10.1. The van der Waals surface area contributed by atoms with E-state index < -0.39 is 16.1 Å².